The minimum atomic E-state index is -0.200. The molecular weight excluding hydrogens is 306 g/mol. The van der Waals surface area contributed by atoms with Crippen molar-refractivity contribution in [1.82, 2.24) is 5.32 Å². The highest BCUT2D eigenvalue weighted by molar-refractivity contribution is 7.99. The second-order valence-electron chi connectivity index (χ2n) is 5.91. The topological polar surface area (TPSA) is 49.3 Å². The van der Waals surface area contributed by atoms with Gasteiger partial charge in [-0.15, -0.1) is 11.8 Å². The third-order valence-corrected chi connectivity index (χ3v) is 5.34. The molecule has 2 aromatic rings. The molecule has 23 heavy (non-hydrogen) atoms. The Morgan fingerprint density at radius 1 is 1.17 bits per heavy atom. The fourth-order valence-corrected chi connectivity index (χ4v) is 4.06. The minimum absolute atomic E-state index is 0.0280. The first-order chi connectivity index (χ1) is 11.2. The average molecular weight is 327 g/mol. The van der Waals surface area contributed by atoms with Crippen molar-refractivity contribution in [2.24, 2.45) is 0 Å². The predicted octanol–water partition coefficient (Wildman–Crippen LogP) is 3.37. The Kier molecular flexibility index (Phi) is 5.03. The molecule has 1 heterocycles. The van der Waals surface area contributed by atoms with Gasteiger partial charge in [-0.1, -0.05) is 35.9 Å². The Morgan fingerprint density at radius 2 is 1.96 bits per heavy atom. The number of carbonyl (C=O) groups excluding carboxylic acids is 1. The maximum atomic E-state index is 12.2. The number of benzene rings is 2. The normalized spacial score (nSPS) is 20.0. The molecule has 1 aliphatic heterocycles. The van der Waals surface area contributed by atoms with Gasteiger partial charge < -0.3 is 10.4 Å². The van der Waals surface area contributed by atoms with Crippen LogP contribution in [0.1, 0.15) is 33.8 Å². The lowest BCUT2D eigenvalue weighted by atomic mass is 9.82. The first-order valence-electron chi connectivity index (χ1n) is 7.89. The summed E-state index contributed by atoms with van der Waals surface area (Å²) >= 11 is 1.81. The monoisotopic (exact) mass is 327 g/mol. The summed E-state index contributed by atoms with van der Waals surface area (Å²) in [7, 11) is 0. The van der Waals surface area contributed by atoms with E-state index in [4.69, 9.17) is 0 Å². The Balaban J connectivity index is 1.76. The molecule has 0 aromatic heterocycles. The number of aryl methyl sites for hydroxylation is 1. The van der Waals surface area contributed by atoms with Gasteiger partial charge in [-0.25, -0.2) is 0 Å². The minimum Gasteiger partial charge on any atom is -0.394 e. The zero-order valence-electron chi connectivity index (χ0n) is 13.2. The molecule has 0 unspecified atom stereocenters. The number of aliphatic hydroxyl groups excluding tert-OH is 1. The fourth-order valence-electron chi connectivity index (χ4n) is 3.10. The van der Waals surface area contributed by atoms with Gasteiger partial charge in [-0.05, 0) is 42.9 Å². The Hall–Kier alpha value is -1.78. The number of fused-ring (bicyclic) bond motifs is 1. The highest BCUT2D eigenvalue weighted by Crippen LogP contribution is 2.33. The van der Waals surface area contributed by atoms with Crippen LogP contribution in [0.2, 0.25) is 0 Å². The molecule has 0 fully saturated rings. The Morgan fingerprint density at radius 3 is 2.70 bits per heavy atom. The zero-order chi connectivity index (χ0) is 16.2. The molecule has 3 nitrogen and oxygen atoms in total. The van der Waals surface area contributed by atoms with Crippen molar-refractivity contribution in [2.45, 2.75) is 30.2 Å². The number of amides is 1. The third kappa shape index (κ3) is 3.59. The van der Waals surface area contributed by atoms with Gasteiger partial charge in [0.05, 0.1) is 12.6 Å². The number of nitrogens with one attached hydrogen (secondary N) is 1. The first kappa shape index (κ1) is 16.1. The fraction of sp³-hybridized carbons (Fsp3) is 0.316. The van der Waals surface area contributed by atoms with E-state index in [1.54, 1.807) is 0 Å². The van der Waals surface area contributed by atoms with Crippen molar-refractivity contribution in [3.63, 3.8) is 0 Å². The van der Waals surface area contributed by atoms with E-state index >= 15 is 0 Å². The van der Waals surface area contributed by atoms with E-state index < -0.39 is 0 Å². The summed E-state index contributed by atoms with van der Waals surface area (Å²) in [5.74, 6) is 1.04. The summed E-state index contributed by atoms with van der Waals surface area (Å²) < 4.78 is 0. The van der Waals surface area contributed by atoms with Crippen LogP contribution in [0.25, 0.3) is 0 Å². The molecule has 3 rings (SSSR count). The van der Waals surface area contributed by atoms with Crippen molar-refractivity contribution < 1.29 is 9.90 Å². The van der Waals surface area contributed by atoms with Gasteiger partial charge >= 0.3 is 0 Å². The lowest BCUT2D eigenvalue weighted by Crippen LogP contribution is -2.46. The van der Waals surface area contributed by atoms with E-state index in [1.807, 2.05) is 55.1 Å². The molecule has 0 bridgehead atoms. The quantitative estimate of drug-likeness (QED) is 0.828. The average Bonchev–Trinajstić information content (AvgIpc) is 2.57. The van der Waals surface area contributed by atoms with Crippen LogP contribution in [-0.2, 0) is 0 Å². The number of rotatable bonds is 5. The van der Waals surface area contributed by atoms with Crippen LogP contribution in [0.15, 0.2) is 53.4 Å². The predicted molar refractivity (Wildman–Crippen MR) is 94.0 cm³/mol. The van der Waals surface area contributed by atoms with Gasteiger partial charge in [0.2, 0.25) is 0 Å². The van der Waals surface area contributed by atoms with Crippen molar-refractivity contribution in [2.75, 3.05) is 12.4 Å². The second kappa shape index (κ2) is 7.20. The lowest BCUT2D eigenvalue weighted by molar-refractivity contribution is 0.0883. The van der Waals surface area contributed by atoms with Crippen molar-refractivity contribution in [3.8, 4) is 0 Å². The SMILES string of the molecule is Cc1ccc2c(c1)C(=O)N[C@@H](CO)[C@@H]2CCSc1ccccc1. The van der Waals surface area contributed by atoms with Crippen LogP contribution in [-0.4, -0.2) is 29.4 Å². The highest BCUT2D eigenvalue weighted by Gasteiger charge is 2.32. The number of carbonyl (C=O) groups is 1. The van der Waals surface area contributed by atoms with Crippen molar-refractivity contribution in [3.05, 3.63) is 65.2 Å². The van der Waals surface area contributed by atoms with Crippen LogP contribution in [0.4, 0.5) is 0 Å². The van der Waals surface area contributed by atoms with E-state index in [1.165, 1.54) is 4.90 Å². The number of thioether (sulfide) groups is 1. The molecule has 0 saturated carbocycles. The number of aliphatic hydroxyl groups is 1. The Labute approximate surface area is 141 Å². The van der Waals surface area contributed by atoms with Crippen LogP contribution < -0.4 is 5.32 Å². The van der Waals surface area contributed by atoms with Gasteiger partial charge in [0.25, 0.3) is 5.91 Å². The van der Waals surface area contributed by atoms with Gasteiger partial charge in [-0.3, -0.25) is 4.79 Å². The molecule has 0 aliphatic carbocycles. The van der Waals surface area contributed by atoms with E-state index in [2.05, 4.69) is 17.4 Å². The summed E-state index contributed by atoms with van der Waals surface area (Å²) in [6, 6.07) is 16.1. The van der Waals surface area contributed by atoms with Crippen LogP contribution in [0.3, 0.4) is 0 Å². The van der Waals surface area contributed by atoms with Crippen molar-refractivity contribution in [1.29, 1.82) is 0 Å². The van der Waals surface area contributed by atoms with Crippen LogP contribution in [0, 0.1) is 6.92 Å². The molecule has 0 saturated heterocycles. The second-order valence-corrected chi connectivity index (χ2v) is 7.08. The van der Waals surface area contributed by atoms with Gasteiger partial charge in [0.15, 0.2) is 0 Å². The molecular formula is C19H21NO2S. The zero-order valence-corrected chi connectivity index (χ0v) is 14.0. The van der Waals surface area contributed by atoms with Crippen LogP contribution >= 0.6 is 11.8 Å². The summed E-state index contributed by atoms with van der Waals surface area (Å²) in [4.78, 5) is 13.5. The number of hydrogen-bond donors (Lipinski definition) is 2. The Bertz CT molecular complexity index is 687. The van der Waals surface area contributed by atoms with E-state index in [-0.39, 0.29) is 24.5 Å². The molecule has 1 aliphatic rings. The molecule has 0 spiro atoms. The maximum Gasteiger partial charge on any atom is 0.251 e. The van der Waals surface area contributed by atoms with Gasteiger partial charge in [0.1, 0.15) is 0 Å². The highest BCUT2D eigenvalue weighted by atomic mass is 32.2. The summed E-state index contributed by atoms with van der Waals surface area (Å²) in [5, 5.41) is 12.6. The van der Waals surface area contributed by atoms with Gasteiger partial charge in [-0.2, -0.15) is 0 Å². The van der Waals surface area contributed by atoms with E-state index in [0.717, 1.165) is 28.9 Å². The largest absolute Gasteiger partial charge is 0.394 e. The summed E-state index contributed by atoms with van der Waals surface area (Å²) in [6.07, 6.45) is 0.918. The maximum absolute atomic E-state index is 12.2. The molecule has 4 heteroatoms. The van der Waals surface area contributed by atoms with Gasteiger partial charge in [0, 0.05) is 16.4 Å². The molecule has 120 valence electrons. The van der Waals surface area contributed by atoms with Crippen molar-refractivity contribution >= 4 is 17.7 Å². The third-order valence-electron chi connectivity index (χ3n) is 4.29. The standard InChI is InChI=1S/C19H21NO2S/c1-13-7-8-15-16(9-10-23-14-5-3-2-4-6-14)18(12-21)20-19(22)17(15)11-13/h2-8,11,16,18,21H,9-10,12H2,1H3,(H,20,22)/t16-,18+/m1/s1. The summed E-state index contributed by atoms with van der Waals surface area (Å²) in [6.45, 7) is 1.96. The molecule has 2 aromatic carbocycles. The van der Waals surface area contributed by atoms with E-state index in [0.29, 0.717) is 0 Å². The molecule has 0 radical (unpaired) electrons. The summed E-state index contributed by atoms with van der Waals surface area (Å²) in [5.41, 5.74) is 2.90. The molecule has 2 atom stereocenters. The molecule has 2 N–H and O–H groups in total. The lowest BCUT2D eigenvalue weighted by Gasteiger charge is -2.33. The number of hydrogen-bond acceptors (Lipinski definition) is 3. The van der Waals surface area contributed by atoms with Crippen LogP contribution in [0.5, 0.6) is 0 Å². The first-order valence-corrected chi connectivity index (χ1v) is 8.87. The van der Waals surface area contributed by atoms with E-state index in [9.17, 15) is 9.90 Å². The molecule has 1 amide bonds. The smallest absolute Gasteiger partial charge is 0.251 e.